The zero-order valence-corrected chi connectivity index (χ0v) is 21.6. The van der Waals surface area contributed by atoms with Crippen LogP contribution in [0.1, 0.15) is 25.8 Å². The van der Waals surface area contributed by atoms with Gasteiger partial charge < -0.3 is 10.2 Å². The van der Waals surface area contributed by atoms with Crippen LogP contribution in [0.3, 0.4) is 0 Å². The summed E-state index contributed by atoms with van der Waals surface area (Å²) in [5.74, 6) is -0.929. The number of rotatable bonds is 10. The van der Waals surface area contributed by atoms with Gasteiger partial charge in [-0.1, -0.05) is 59.9 Å². The number of amides is 2. The summed E-state index contributed by atoms with van der Waals surface area (Å²) in [5, 5.41) is 3.54. The van der Waals surface area contributed by atoms with Crippen LogP contribution in [-0.2, 0) is 26.2 Å². The van der Waals surface area contributed by atoms with Crippen LogP contribution in [-0.4, -0.2) is 50.5 Å². The standard InChI is InChI=1S/C22H26Cl3N3O4S/c1-4-19(22(30)26-5-2)27(13-15-8-6-7-9-17(15)24)21(29)14-28(33(3,31)32)20-12-16(23)10-11-18(20)25/h6-12,19H,4-5,13-14H2,1-3H3,(H,26,30)/t19-/m1/s1. The summed E-state index contributed by atoms with van der Waals surface area (Å²) in [6.07, 6.45) is 1.29. The smallest absolute Gasteiger partial charge is 0.244 e. The molecule has 33 heavy (non-hydrogen) atoms. The van der Waals surface area contributed by atoms with Crippen LogP contribution in [0.4, 0.5) is 5.69 Å². The first kappa shape index (κ1) is 27.2. The summed E-state index contributed by atoms with van der Waals surface area (Å²) in [6, 6.07) is 10.5. The number of hydrogen-bond donors (Lipinski definition) is 1. The van der Waals surface area contributed by atoms with Gasteiger partial charge in [0.1, 0.15) is 12.6 Å². The molecule has 0 radical (unpaired) electrons. The van der Waals surface area contributed by atoms with Crippen molar-refractivity contribution in [3.8, 4) is 0 Å². The summed E-state index contributed by atoms with van der Waals surface area (Å²) in [5.41, 5.74) is 0.700. The van der Waals surface area contributed by atoms with Gasteiger partial charge in [0.25, 0.3) is 0 Å². The minimum atomic E-state index is -3.91. The van der Waals surface area contributed by atoms with E-state index in [-0.39, 0.29) is 28.2 Å². The second-order valence-corrected chi connectivity index (χ2v) is 10.5. The number of likely N-dealkylation sites (N-methyl/N-ethyl adjacent to an activating group) is 1. The largest absolute Gasteiger partial charge is 0.355 e. The van der Waals surface area contributed by atoms with Crippen molar-refractivity contribution in [1.29, 1.82) is 0 Å². The Hall–Kier alpha value is -2.00. The van der Waals surface area contributed by atoms with E-state index in [2.05, 4.69) is 5.32 Å². The van der Waals surface area contributed by atoms with E-state index in [1.54, 1.807) is 38.1 Å². The highest BCUT2D eigenvalue weighted by Crippen LogP contribution is 2.31. The third kappa shape index (κ3) is 7.24. The molecule has 2 aromatic carbocycles. The predicted octanol–water partition coefficient (Wildman–Crippen LogP) is 4.36. The second kappa shape index (κ2) is 11.9. The van der Waals surface area contributed by atoms with Crippen LogP contribution in [0.15, 0.2) is 42.5 Å². The van der Waals surface area contributed by atoms with Crippen molar-refractivity contribution >= 4 is 62.3 Å². The fourth-order valence-electron chi connectivity index (χ4n) is 3.29. The lowest BCUT2D eigenvalue weighted by Gasteiger charge is -2.33. The lowest BCUT2D eigenvalue weighted by molar-refractivity contribution is -0.140. The van der Waals surface area contributed by atoms with Gasteiger partial charge in [-0.25, -0.2) is 8.42 Å². The van der Waals surface area contributed by atoms with Crippen LogP contribution in [0, 0.1) is 0 Å². The maximum atomic E-state index is 13.5. The van der Waals surface area contributed by atoms with Gasteiger partial charge in [-0.15, -0.1) is 0 Å². The highest BCUT2D eigenvalue weighted by atomic mass is 35.5. The van der Waals surface area contributed by atoms with Gasteiger partial charge in [-0.3, -0.25) is 13.9 Å². The predicted molar refractivity (Wildman–Crippen MR) is 133 cm³/mol. The molecule has 1 N–H and O–H groups in total. The Balaban J connectivity index is 2.49. The van der Waals surface area contributed by atoms with E-state index in [9.17, 15) is 18.0 Å². The molecule has 11 heteroatoms. The number of anilines is 1. The molecule has 0 saturated carbocycles. The van der Waals surface area contributed by atoms with Gasteiger partial charge in [-0.05, 0) is 43.2 Å². The lowest BCUT2D eigenvalue weighted by atomic mass is 10.1. The third-order valence-corrected chi connectivity index (χ3v) is 6.94. The summed E-state index contributed by atoms with van der Waals surface area (Å²) in [7, 11) is -3.91. The summed E-state index contributed by atoms with van der Waals surface area (Å²) < 4.78 is 26.1. The van der Waals surface area contributed by atoms with Gasteiger partial charge in [0.2, 0.25) is 21.8 Å². The van der Waals surface area contributed by atoms with Gasteiger partial charge >= 0.3 is 0 Å². The first-order chi connectivity index (χ1) is 15.5. The maximum absolute atomic E-state index is 13.5. The van der Waals surface area contributed by atoms with Crippen LogP contribution < -0.4 is 9.62 Å². The number of nitrogens with one attached hydrogen (secondary N) is 1. The van der Waals surface area contributed by atoms with Crippen molar-refractivity contribution in [3.63, 3.8) is 0 Å². The molecule has 0 aliphatic rings. The molecule has 0 saturated heterocycles. The topological polar surface area (TPSA) is 86.8 Å². The molecule has 2 amide bonds. The molecule has 2 rings (SSSR count). The Bertz CT molecular complexity index is 1110. The monoisotopic (exact) mass is 533 g/mol. The Morgan fingerprint density at radius 3 is 2.27 bits per heavy atom. The van der Waals surface area contributed by atoms with Crippen LogP contribution >= 0.6 is 34.8 Å². The molecule has 0 aliphatic carbocycles. The van der Waals surface area contributed by atoms with Crippen molar-refractivity contribution in [2.24, 2.45) is 0 Å². The van der Waals surface area contributed by atoms with Crippen molar-refractivity contribution < 1.29 is 18.0 Å². The number of carbonyl (C=O) groups is 2. The van der Waals surface area contributed by atoms with Crippen molar-refractivity contribution in [2.45, 2.75) is 32.9 Å². The maximum Gasteiger partial charge on any atom is 0.244 e. The normalized spacial score (nSPS) is 12.2. The van der Waals surface area contributed by atoms with E-state index >= 15 is 0 Å². The average molecular weight is 535 g/mol. The second-order valence-electron chi connectivity index (χ2n) is 7.30. The number of nitrogens with zero attached hydrogens (tertiary/aromatic N) is 2. The molecule has 180 valence electrons. The van der Waals surface area contributed by atoms with Crippen molar-refractivity contribution in [3.05, 3.63) is 63.1 Å². The van der Waals surface area contributed by atoms with Gasteiger partial charge in [0.05, 0.1) is 17.0 Å². The number of hydrogen-bond acceptors (Lipinski definition) is 4. The SMILES string of the molecule is CCNC(=O)[C@@H](CC)N(Cc1ccccc1Cl)C(=O)CN(c1cc(Cl)ccc1Cl)S(C)(=O)=O. The Morgan fingerprint density at radius 2 is 1.70 bits per heavy atom. The summed E-state index contributed by atoms with van der Waals surface area (Å²) in [4.78, 5) is 27.6. The molecule has 2 aromatic rings. The molecular formula is C22H26Cl3N3O4S. The Kier molecular flexibility index (Phi) is 9.84. The number of carbonyl (C=O) groups excluding carboxylic acids is 2. The first-order valence-electron chi connectivity index (χ1n) is 10.2. The van der Waals surface area contributed by atoms with E-state index in [1.165, 1.54) is 23.1 Å². The van der Waals surface area contributed by atoms with Crippen molar-refractivity contribution in [1.82, 2.24) is 10.2 Å². The van der Waals surface area contributed by atoms with Crippen molar-refractivity contribution in [2.75, 3.05) is 23.7 Å². The molecule has 0 bridgehead atoms. The molecule has 7 nitrogen and oxygen atoms in total. The van der Waals surface area contributed by atoms with E-state index in [1.807, 2.05) is 0 Å². The summed E-state index contributed by atoms with van der Waals surface area (Å²) >= 11 is 18.6. The molecule has 0 heterocycles. The molecule has 0 aliphatic heterocycles. The van der Waals surface area contributed by atoms with E-state index in [0.717, 1.165) is 10.6 Å². The van der Waals surface area contributed by atoms with Gasteiger partial charge in [0, 0.05) is 23.1 Å². The minimum absolute atomic E-state index is 0.0228. The fraction of sp³-hybridized carbons (Fsp3) is 0.364. The minimum Gasteiger partial charge on any atom is -0.355 e. The van der Waals surface area contributed by atoms with Gasteiger partial charge in [-0.2, -0.15) is 0 Å². The Morgan fingerprint density at radius 1 is 1.03 bits per heavy atom. The van der Waals surface area contributed by atoms with Crippen LogP contribution in [0.5, 0.6) is 0 Å². The highest BCUT2D eigenvalue weighted by Gasteiger charge is 2.32. The van der Waals surface area contributed by atoms with E-state index in [0.29, 0.717) is 23.6 Å². The zero-order valence-electron chi connectivity index (χ0n) is 18.5. The molecular weight excluding hydrogens is 509 g/mol. The lowest BCUT2D eigenvalue weighted by Crippen LogP contribution is -2.52. The summed E-state index contributed by atoms with van der Waals surface area (Å²) in [6.45, 7) is 3.39. The average Bonchev–Trinajstić information content (AvgIpc) is 2.74. The van der Waals surface area contributed by atoms with Crippen LogP contribution in [0.2, 0.25) is 15.1 Å². The Labute approximate surface area is 209 Å². The number of benzene rings is 2. The first-order valence-corrected chi connectivity index (χ1v) is 13.2. The number of sulfonamides is 1. The van der Waals surface area contributed by atoms with E-state index < -0.39 is 28.5 Å². The zero-order chi connectivity index (χ0) is 24.8. The number of halogens is 3. The van der Waals surface area contributed by atoms with Gasteiger partial charge in [0.15, 0.2) is 0 Å². The molecule has 0 spiro atoms. The molecule has 0 fully saturated rings. The van der Waals surface area contributed by atoms with E-state index in [4.69, 9.17) is 34.8 Å². The third-order valence-electron chi connectivity index (χ3n) is 4.89. The highest BCUT2D eigenvalue weighted by molar-refractivity contribution is 7.92. The molecule has 0 unspecified atom stereocenters. The fourth-order valence-corrected chi connectivity index (χ4v) is 4.78. The van der Waals surface area contributed by atoms with Crippen LogP contribution in [0.25, 0.3) is 0 Å². The quantitative estimate of drug-likeness (QED) is 0.491. The molecule has 0 aromatic heterocycles. The molecule has 1 atom stereocenters.